The number of halogens is 2. The molecule has 124 valence electrons. The van der Waals surface area contributed by atoms with Gasteiger partial charge in [0.05, 0.1) is 29.6 Å². The Balaban J connectivity index is 1.68. The van der Waals surface area contributed by atoms with Crippen LogP contribution in [0.15, 0.2) is 60.9 Å². The molecule has 0 fully saturated rings. The molecule has 0 saturated heterocycles. The summed E-state index contributed by atoms with van der Waals surface area (Å²) < 4.78 is 15.4. The first kappa shape index (κ1) is 16.6. The molecule has 2 aromatic carbocycles. The van der Waals surface area contributed by atoms with Gasteiger partial charge in [0, 0.05) is 18.3 Å². The molecule has 4 nitrogen and oxygen atoms in total. The van der Waals surface area contributed by atoms with Crippen molar-refractivity contribution < 1.29 is 9.50 Å². The number of aromatic nitrogens is 2. The molecule has 0 radical (unpaired) electrons. The minimum atomic E-state index is -0.494. The van der Waals surface area contributed by atoms with Crippen LogP contribution in [-0.4, -0.2) is 21.5 Å². The molecule has 3 rings (SSSR count). The number of benzene rings is 2. The number of aliphatic hydroxyl groups is 1. The van der Waals surface area contributed by atoms with Crippen molar-refractivity contribution in [3.63, 3.8) is 0 Å². The Kier molecular flexibility index (Phi) is 5.25. The molecule has 0 aliphatic carbocycles. The molecular weight excluding hydrogens is 329 g/mol. The third-order valence-electron chi connectivity index (χ3n) is 3.74. The predicted octanol–water partition coefficient (Wildman–Crippen LogP) is 3.49. The van der Waals surface area contributed by atoms with Crippen LogP contribution < -0.4 is 5.32 Å². The number of nitrogens with one attached hydrogen (secondary N) is 1. The van der Waals surface area contributed by atoms with Crippen LogP contribution in [0.3, 0.4) is 0 Å². The molecule has 1 aromatic heterocycles. The lowest BCUT2D eigenvalue weighted by Crippen LogP contribution is -2.24. The number of aliphatic hydroxyl groups excluding tert-OH is 1. The van der Waals surface area contributed by atoms with E-state index in [1.54, 1.807) is 16.9 Å². The first-order valence-electron chi connectivity index (χ1n) is 7.55. The van der Waals surface area contributed by atoms with Crippen molar-refractivity contribution in [3.8, 4) is 5.69 Å². The zero-order valence-electron chi connectivity index (χ0n) is 12.9. The van der Waals surface area contributed by atoms with Crippen molar-refractivity contribution in [2.24, 2.45) is 0 Å². The molecule has 24 heavy (non-hydrogen) atoms. The van der Waals surface area contributed by atoms with Crippen LogP contribution in [-0.2, 0) is 6.54 Å². The first-order chi connectivity index (χ1) is 11.7. The molecule has 0 spiro atoms. The van der Waals surface area contributed by atoms with Gasteiger partial charge in [-0.3, -0.25) is 0 Å². The highest BCUT2D eigenvalue weighted by Crippen LogP contribution is 2.20. The summed E-state index contributed by atoms with van der Waals surface area (Å²) in [6.45, 7) is 0.357. The summed E-state index contributed by atoms with van der Waals surface area (Å²) in [5, 5.41) is 17.2. The Hall–Kier alpha value is -2.21. The fraction of sp³-hybridized carbons (Fsp3) is 0.167. The van der Waals surface area contributed by atoms with Crippen LogP contribution in [0.1, 0.15) is 17.2 Å². The highest BCUT2D eigenvalue weighted by molar-refractivity contribution is 6.30. The summed E-state index contributed by atoms with van der Waals surface area (Å²) in [5.41, 5.74) is 2.59. The second-order valence-corrected chi connectivity index (χ2v) is 5.83. The van der Waals surface area contributed by atoms with Crippen molar-refractivity contribution in [3.05, 3.63) is 82.9 Å². The molecule has 1 unspecified atom stereocenters. The van der Waals surface area contributed by atoms with Gasteiger partial charge in [0.15, 0.2) is 0 Å². The third-order valence-corrected chi connectivity index (χ3v) is 4.04. The first-order valence-corrected chi connectivity index (χ1v) is 7.93. The van der Waals surface area contributed by atoms with E-state index in [1.165, 1.54) is 12.1 Å². The topological polar surface area (TPSA) is 50.1 Å². The summed E-state index contributed by atoms with van der Waals surface area (Å²) in [5.74, 6) is -0.494. The lowest BCUT2D eigenvalue weighted by atomic mass is 10.1. The number of hydrogen-bond donors (Lipinski definition) is 2. The fourth-order valence-corrected chi connectivity index (χ4v) is 2.55. The summed E-state index contributed by atoms with van der Waals surface area (Å²) in [7, 11) is 0. The standard InChI is InChI=1S/C18H17ClFN3O/c19-16-7-6-14(8-17(16)20)18(12-24)21-9-13-10-22-23(11-13)15-4-2-1-3-5-15/h1-8,10-11,18,21,24H,9,12H2. The third kappa shape index (κ3) is 3.82. The van der Waals surface area contributed by atoms with Gasteiger partial charge in [-0.2, -0.15) is 5.10 Å². The predicted molar refractivity (Wildman–Crippen MR) is 91.6 cm³/mol. The normalized spacial score (nSPS) is 12.3. The maximum absolute atomic E-state index is 13.6. The van der Waals surface area contributed by atoms with Crippen LogP contribution in [0, 0.1) is 5.82 Å². The Morgan fingerprint density at radius 2 is 2.00 bits per heavy atom. The molecule has 3 aromatic rings. The van der Waals surface area contributed by atoms with E-state index in [9.17, 15) is 9.50 Å². The van der Waals surface area contributed by atoms with Crippen molar-refractivity contribution in [1.82, 2.24) is 15.1 Å². The monoisotopic (exact) mass is 345 g/mol. The van der Waals surface area contributed by atoms with E-state index in [4.69, 9.17) is 11.6 Å². The summed E-state index contributed by atoms with van der Waals surface area (Å²) in [6, 6.07) is 13.9. The van der Waals surface area contributed by atoms with E-state index >= 15 is 0 Å². The van der Waals surface area contributed by atoms with Crippen molar-refractivity contribution >= 4 is 11.6 Å². The molecule has 0 aliphatic rings. The van der Waals surface area contributed by atoms with Crippen LogP contribution >= 0.6 is 11.6 Å². The number of hydrogen-bond acceptors (Lipinski definition) is 3. The molecule has 0 aliphatic heterocycles. The number of nitrogens with zero attached hydrogens (tertiary/aromatic N) is 2. The molecular formula is C18H17ClFN3O. The Labute approximate surface area is 144 Å². The molecule has 1 atom stereocenters. The fourth-order valence-electron chi connectivity index (χ4n) is 2.43. The minimum Gasteiger partial charge on any atom is -0.394 e. The van der Waals surface area contributed by atoms with E-state index < -0.39 is 5.82 Å². The van der Waals surface area contributed by atoms with Crippen LogP contribution in [0.5, 0.6) is 0 Å². The Bertz CT molecular complexity index is 807. The summed E-state index contributed by atoms with van der Waals surface area (Å²) >= 11 is 5.69. The van der Waals surface area contributed by atoms with E-state index in [-0.39, 0.29) is 17.7 Å². The Morgan fingerprint density at radius 3 is 2.71 bits per heavy atom. The second kappa shape index (κ2) is 7.57. The maximum Gasteiger partial charge on any atom is 0.142 e. The van der Waals surface area contributed by atoms with Gasteiger partial charge in [-0.15, -0.1) is 0 Å². The van der Waals surface area contributed by atoms with Gasteiger partial charge in [0.1, 0.15) is 5.82 Å². The Morgan fingerprint density at radius 1 is 1.21 bits per heavy atom. The number of rotatable bonds is 6. The molecule has 2 N–H and O–H groups in total. The van der Waals surface area contributed by atoms with Crippen molar-refractivity contribution in [2.45, 2.75) is 12.6 Å². The van der Waals surface area contributed by atoms with Gasteiger partial charge < -0.3 is 10.4 Å². The van der Waals surface area contributed by atoms with Crippen molar-refractivity contribution in [2.75, 3.05) is 6.61 Å². The van der Waals surface area contributed by atoms with Gasteiger partial charge in [0.25, 0.3) is 0 Å². The van der Waals surface area contributed by atoms with Gasteiger partial charge in [-0.1, -0.05) is 35.9 Å². The highest BCUT2D eigenvalue weighted by Gasteiger charge is 2.12. The van der Waals surface area contributed by atoms with E-state index in [0.29, 0.717) is 12.1 Å². The summed E-state index contributed by atoms with van der Waals surface area (Å²) in [6.07, 6.45) is 3.68. The lowest BCUT2D eigenvalue weighted by Gasteiger charge is -2.16. The largest absolute Gasteiger partial charge is 0.394 e. The zero-order valence-corrected chi connectivity index (χ0v) is 13.6. The maximum atomic E-state index is 13.6. The average Bonchev–Trinajstić information content (AvgIpc) is 3.08. The molecule has 0 amide bonds. The average molecular weight is 346 g/mol. The quantitative estimate of drug-likeness (QED) is 0.719. The van der Waals surface area contributed by atoms with Crippen LogP contribution in [0.4, 0.5) is 4.39 Å². The SMILES string of the molecule is OCC(NCc1cnn(-c2ccccc2)c1)c1ccc(Cl)c(F)c1. The van der Waals surface area contributed by atoms with Gasteiger partial charge in [-0.05, 0) is 29.8 Å². The molecule has 0 saturated carbocycles. The van der Waals surface area contributed by atoms with Gasteiger partial charge in [0.2, 0.25) is 0 Å². The second-order valence-electron chi connectivity index (χ2n) is 5.42. The van der Waals surface area contributed by atoms with E-state index in [1.807, 2.05) is 36.5 Å². The zero-order chi connectivity index (χ0) is 16.9. The van der Waals surface area contributed by atoms with Gasteiger partial charge in [-0.25, -0.2) is 9.07 Å². The van der Waals surface area contributed by atoms with Crippen LogP contribution in [0.25, 0.3) is 5.69 Å². The summed E-state index contributed by atoms with van der Waals surface area (Å²) in [4.78, 5) is 0. The van der Waals surface area contributed by atoms with Crippen molar-refractivity contribution in [1.29, 1.82) is 0 Å². The molecule has 6 heteroatoms. The highest BCUT2D eigenvalue weighted by atomic mass is 35.5. The lowest BCUT2D eigenvalue weighted by molar-refractivity contribution is 0.243. The van der Waals surface area contributed by atoms with E-state index in [2.05, 4.69) is 10.4 Å². The van der Waals surface area contributed by atoms with Gasteiger partial charge >= 0.3 is 0 Å². The number of para-hydroxylation sites is 1. The molecule has 0 bridgehead atoms. The molecule has 1 heterocycles. The minimum absolute atomic E-state index is 0.0691. The van der Waals surface area contributed by atoms with Crippen LogP contribution in [0.2, 0.25) is 5.02 Å². The van der Waals surface area contributed by atoms with E-state index in [0.717, 1.165) is 11.3 Å². The smallest absolute Gasteiger partial charge is 0.142 e.